The monoisotopic (exact) mass is 363 g/mol. The average molecular weight is 363 g/mol. The molecule has 0 heterocycles. The topological polar surface area (TPSA) is 87.4 Å². The summed E-state index contributed by atoms with van der Waals surface area (Å²) in [6, 6.07) is 15.8. The van der Waals surface area contributed by atoms with Gasteiger partial charge in [-0.25, -0.2) is 4.79 Å². The maximum Gasteiger partial charge on any atom is 0.341 e. The maximum absolute atomic E-state index is 12.7. The third kappa shape index (κ3) is 5.29. The van der Waals surface area contributed by atoms with Crippen molar-refractivity contribution >= 4 is 17.8 Å². The minimum Gasteiger partial charge on any atom is -0.481 e. The maximum atomic E-state index is 12.7. The number of Topliss-reactive ketones (excluding diaryl/α,β-unsaturated/α-hetero) is 1. The van der Waals surface area contributed by atoms with Crippen LogP contribution in [0.3, 0.4) is 0 Å². The van der Waals surface area contributed by atoms with Crippen LogP contribution in [0.5, 0.6) is 5.75 Å². The molecular formula is C22H21NO4. The highest BCUT2D eigenvalue weighted by molar-refractivity contribution is 6.14. The summed E-state index contributed by atoms with van der Waals surface area (Å²) >= 11 is 0. The summed E-state index contributed by atoms with van der Waals surface area (Å²) in [5.74, 6) is -1.21. The van der Waals surface area contributed by atoms with E-state index in [1.54, 1.807) is 36.4 Å². The number of benzene rings is 2. The number of ketones is 1. The Bertz CT molecular complexity index is 913. The van der Waals surface area contributed by atoms with Gasteiger partial charge in [-0.15, -0.1) is 0 Å². The van der Waals surface area contributed by atoms with Gasteiger partial charge in [0.1, 0.15) is 17.4 Å². The quantitative estimate of drug-likeness (QED) is 0.471. The van der Waals surface area contributed by atoms with E-state index in [9.17, 15) is 14.9 Å². The molecule has 0 atom stereocenters. The number of carboxylic acid groups (broad SMARTS) is 1. The Kier molecular flexibility index (Phi) is 6.15. The van der Waals surface area contributed by atoms with Crippen LogP contribution >= 0.6 is 0 Å². The molecule has 2 rings (SSSR count). The number of para-hydroxylation sites is 1. The summed E-state index contributed by atoms with van der Waals surface area (Å²) in [5, 5.41) is 18.2. The minimum absolute atomic E-state index is 0.0319. The molecular weight excluding hydrogens is 342 g/mol. The smallest absolute Gasteiger partial charge is 0.341 e. The summed E-state index contributed by atoms with van der Waals surface area (Å²) in [7, 11) is 0. The van der Waals surface area contributed by atoms with E-state index in [0.717, 1.165) is 5.56 Å². The van der Waals surface area contributed by atoms with Crippen molar-refractivity contribution in [3.05, 3.63) is 70.8 Å². The first-order chi connectivity index (χ1) is 12.7. The van der Waals surface area contributed by atoms with Crippen LogP contribution in [-0.2, 0) is 10.2 Å². The second-order valence-electron chi connectivity index (χ2n) is 7.05. The Morgan fingerprint density at radius 2 is 1.74 bits per heavy atom. The lowest BCUT2D eigenvalue weighted by atomic mass is 9.86. The normalized spacial score (nSPS) is 11.6. The first kappa shape index (κ1) is 19.9. The fraction of sp³-hybridized carbons (Fsp3) is 0.227. The van der Waals surface area contributed by atoms with Gasteiger partial charge in [0.25, 0.3) is 0 Å². The number of rotatable bonds is 6. The summed E-state index contributed by atoms with van der Waals surface area (Å²) in [6.07, 6.45) is 1.41. The predicted octanol–water partition coefficient (Wildman–Crippen LogP) is 4.24. The molecule has 0 radical (unpaired) electrons. The van der Waals surface area contributed by atoms with E-state index in [2.05, 4.69) is 20.8 Å². The van der Waals surface area contributed by atoms with Crippen molar-refractivity contribution < 1.29 is 19.4 Å². The van der Waals surface area contributed by atoms with Crippen LogP contribution in [0, 0.1) is 11.3 Å². The molecule has 0 aliphatic rings. The van der Waals surface area contributed by atoms with Gasteiger partial charge in [0.15, 0.2) is 6.61 Å². The number of carbonyl (C=O) groups excluding carboxylic acids is 1. The van der Waals surface area contributed by atoms with Crippen molar-refractivity contribution in [1.82, 2.24) is 0 Å². The van der Waals surface area contributed by atoms with Crippen molar-refractivity contribution in [2.24, 2.45) is 0 Å². The van der Waals surface area contributed by atoms with Gasteiger partial charge in [-0.3, -0.25) is 4.79 Å². The van der Waals surface area contributed by atoms with Gasteiger partial charge in [0.2, 0.25) is 5.78 Å². The Labute approximate surface area is 158 Å². The zero-order chi connectivity index (χ0) is 20.0. The first-order valence-electron chi connectivity index (χ1n) is 8.43. The van der Waals surface area contributed by atoms with Crippen molar-refractivity contribution in [2.45, 2.75) is 26.2 Å². The second-order valence-corrected chi connectivity index (χ2v) is 7.05. The van der Waals surface area contributed by atoms with Gasteiger partial charge in [0, 0.05) is 11.1 Å². The van der Waals surface area contributed by atoms with Gasteiger partial charge in [-0.05, 0) is 23.1 Å². The van der Waals surface area contributed by atoms with Gasteiger partial charge in [-0.1, -0.05) is 63.2 Å². The third-order valence-corrected chi connectivity index (χ3v) is 3.95. The Hall–Kier alpha value is -3.39. The number of ether oxygens (including phenoxy) is 1. The van der Waals surface area contributed by atoms with E-state index in [0.29, 0.717) is 16.9 Å². The molecule has 5 heteroatoms. The predicted molar refractivity (Wildman–Crippen MR) is 103 cm³/mol. The molecule has 1 N–H and O–H groups in total. The van der Waals surface area contributed by atoms with Gasteiger partial charge < -0.3 is 9.84 Å². The number of nitrogens with zero attached hydrogens (tertiary/aromatic N) is 1. The fourth-order valence-corrected chi connectivity index (χ4v) is 2.45. The molecule has 0 unspecified atom stereocenters. The van der Waals surface area contributed by atoms with Crippen LogP contribution in [0.2, 0.25) is 0 Å². The number of carboxylic acids is 1. The average Bonchev–Trinajstić information content (AvgIpc) is 2.64. The summed E-state index contributed by atoms with van der Waals surface area (Å²) in [6.45, 7) is 5.74. The van der Waals surface area contributed by atoms with Crippen LogP contribution in [-0.4, -0.2) is 23.5 Å². The van der Waals surface area contributed by atoms with Gasteiger partial charge in [-0.2, -0.15) is 5.26 Å². The summed E-state index contributed by atoms with van der Waals surface area (Å²) < 4.78 is 5.22. The van der Waals surface area contributed by atoms with E-state index in [1.807, 2.05) is 18.2 Å². The number of nitriles is 1. The molecule has 2 aromatic carbocycles. The van der Waals surface area contributed by atoms with Crippen LogP contribution < -0.4 is 4.74 Å². The minimum atomic E-state index is -1.11. The number of aliphatic carboxylic acids is 1. The van der Waals surface area contributed by atoms with Crippen LogP contribution in [0.25, 0.3) is 6.08 Å². The summed E-state index contributed by atoms with van der Waals surface area (Å²) in [5.41, 5.74) is 1.89. The summed E-state index contributed by atoms with van der Waals surface area (Å²) in [4.78, 5) is 23.4. The van der Waals surface area contributed by atoms with Crippen molar-refractivity contribution in [3.63, 3.8) is 0 Å². The van der Waals surface area contributed by atoms with E-state index in [1.165, 1.54) is 6.08 Å². The molecule has 0 bridgehead atoms. The zero-order valence-corrected chi connectivity index (χ0v) is 15.5. The molecule has 0 amide bonds. The van der Waals surface area contributed by atoms with E-state index in [4.69, 9.17) is 9.84 Å². The molecule has 0 aromatic heterocycles. The number of hydrogen-bond donors (Lipinski definition) is 1. The van der Waals surface area contributed by atoms with Crippen molar-refractivity contribution in [3.8, 4) is 11.8 Å². The highest BCUT2D eigenvalue weighted by Crippen LogP contribution is 2.24. The van der Waals surface area contributed by atoms with Crippen LogP contribution in [0.1, 0.15) is 42.3 Å². The Morgan fingerprint density at radius 3 is 2.30 bits per heavy atom. The van der Waals surface area contributed by atoms with E-state index in [-0.39, 0.29) is 11.0 Å². The van der Waals surface area contributed by atoms with Gasteiger partial charge >= 0.3 is 5.97 Å². The van der Waals surface area contributed by atoms with E-state index < -0.39 is 18.4 Å². The van der Waals surface area contributed by atoms with Crippen LogP contribution in [0.4, 0.5) is 0 Å². The largest absolute Gasteiger partial charge is 0.481 e. The number of hydrogen-bond acceptors (Lipinski definition) is 4. The van der Waals surface area contributed by atoms with Crippen molar-refractivity contribution in [1.29, 1.82) is 5.26 Å². The molecule has 5 nitrogen and oxygen atoms in total. The highest BCUT2D eigenvalue weighted by Gasteiger charge is 2.17. The molecule has 0 saturated carbocycles. The molecule has 0 fully saturated rings. The molecule has 0 saturated heterocycles. The lowest BCUT2D eigenvalue weighted by Gasteiger charge is -2.18. The lowest BCUT2D eigenvalue weighted by molar-refractivity contribution is -0.139. The third-order valence-electron chi connectivity index (χ3n) is 3.95. The first-order valence-corrected chi connectivity index (χ1v) is 8.43. The lowest BCUT2D eigenvalue weighted by Crippen LogP contribution is -2.11. The zero-order valence-electron chi connectivity index (χ0n) is 15.5. The SMILES string of the molecule is CC(C)(C)c1ccc(C(=O)/C(C#N)=C/c2ccccc2OCC(=O)O)cc1. The Morgan fingerprint density at radius 1 is 1.11 bits per heavy atom. The van der Waals surface area contributed by atoms with Gasteiger partial charge in [0.05, 0.1) is 0 Å². The number of allylic oxidation sites excluding steroid dienone is 1. The standard InChI is InChI=1S/C22H21NO4/c1-22(2,3)18-10-8-15(9-11-18)21(26)17(13-23)12-16-6-4-5-7-19(16)27-14-20(24)25/h4-12H,14H2,1-3H3,(H,24,25)/b17-12+. The van der Waals surface area contributed by atoms with Crippen LogP contribution in [0.15, 0.2) is 54.1 Å². The fourth-order valence-electron chi connectivity index (χ4n) is 2.45. The Balaban J connectivity index is 2.32. The van der Waals surface area contributed by atoms with E-state index >= 15 is 0 Å². The molecule has 2 aromatic rings. The molecule has 138 valence electrons. The molecule has 0 aliphatic carbocycles. The van der Waals surface area contributed by atoms with Crippen molar-refractivity contribution in [2.75, 3.05) is 6.61 Å². The number of carbonyl (C=O) groups is 2. The molecule has 0 spiro atoms. The highest BCUT2D eigenvalue weighted by atomic mass is 16.5. The molecule has 0 aliphatic heterocycles. The molecule has 27 heavy (non-hydrogen) atoms. The second kappa shape index (κ2) is 8.33.